The molecule has 0 aliphatic heterocycles. The summed E-state index contributed by atoms with van der Waals surface area (Å²) in [5.41, 5.74) is 1.62. The highest BCUT2D eigenvalue weighted by Crippen LogP contribution is 2.21. The summed E-state index contributed by atoms with van der Waals surface area (Å²) in [6, 6.07) is 0.727. The van der Waals surface area contributed by atoms with Gasteiger partial charge in [-0.15, -0.1) is 0 Å². The van der Waals surface area contributed by atoms with E-state index in [2.05, 4.69) is 22.4 Å². The number of aryl methyl sites for hydroxylation is 2. The lowest BCUT2D eigenvalue weighted by molar-refractivity contribution is -0.116. The predicted molar refractivity (Wildman–Crippen MR) is 99.1 cm³/mol. The molecule has 0 unspecified atom stereocenters. The SMILES string of the molecule is Cc1nn(C)c(Cl)c1/C=C/C(=O)NCCCN(C)C1CCCCC1. The van der Waals surface area contributed by atoms with Gasteiger partial charge in [0.1, 0.15) is 5.15 Å². The molecule has 1 amide bonds. The molecule has 134 valence electrons. The maximum Gasteiger partial charge on any atom is 0.244 e. The van der Waals surface area contributed by atoms with Crippen LogP contribution >= 0.6 is 11.6 Å². The Labute approximate surface area is 150 Å². The number of aromatic nitrogens is 2. The molecule has 1 aromatic heterocycles. The number of nitrogens with zero attached hydrogens (tertiary/aromatic N) is 3. The highest BCUT2D eigenvalue weighted by molar-refractivity contribution is 6.31. The number of hydrogen-bond donors (Lipinski definition) is 1. The molecule has 1 aromatic rings. The fraction of sp³-hybridized carbons (Fsp3) is 0.667. The molecule has 0 saturated heterocycles. The Hall–Kier alpha value is -1.33. The van der Waals surface area contributed by atoms with Crippen LogP contribution in [0.3, 0.4) is 0 Å². The minimum Gasteiger partial charge on any atom is -0.353 e. The molecule has 0 atom stereocenters. The molecule has 24 heavy (non-hydrogen) atoms. The van der Waals surface area contributed by atoms with Crippen LogP contribution in [0.2, 0.25) is 5.15 Å². The van der Waals surface area contributed by atoms with E-state index in [0.717, 1.165) is 30.3 Å². The first-order valence-electron chi connectivity index (χ1n) is 8.84. The van der Waals surface area contributed by atoms with Crippen molar-refractivity contribution in [3.05, 3.63) is 22.5 Å². The third-order valence-electron chi connectivity index (χ3n) is 4.78. The van der Waals surface area contributed by atoms with Crippen LogP contribution in [0.4, 0.5) is 0 Å². The van der Waals surface area contributed by atoms with Gasteiger partial charge < -0.3 is 10.2 Å². The summed E-state index contributed by atoms with van der Waals surface area (Å²) in [7, 11) is 3.99. The van der Waals surface area contributed by atoms with Gasteiger partial charge in [-0.25, -0.2) is 0 Å². The lowest BCUT2D eigenvalue weighted by Gasteiger charge is -2.31. The molecule has 6 heteroatoms. The molecule has 2 rings (SSSR count). The zero-order valence-corrected chi connectivity index (χ0v) is 15.8. The summed E-state index contributed by atoms with van der Waals surface area (Å²) in [5, 5.41) is 7.71. The Balaban J connectivity index is 1.68. The maximum atomic E-state index is 11.9. The molecule has 0 spiro atoms. The largest absolute Gasteiger partial charge is 0.353 e. The van der Waals surface area contributed by atoms with Crippen LogP contribution < -0.4 is 5.32 Å². The van der Waals surface area contributed by atoms with Crippen LogP contribution in [0.25, 0.3) is 6.08 Å². The van der Waals surface area contributed by atoms with Gasteiger partial charge in [0, 0.05) is 31.3 Å². The lowest BCUT2D eigenvalue weighted by atomic mass is 9.94. The van der Waals surface area contributed by atoms with Gasteiger partial charge in [0.05, 0.1) is 5.69 Å². The smallest absolute Gasteiger partial charge is 0.244 e. The van der Waals surface area contributed by atoms with E-state index in [1.807, 2.05) is 6.92 Å². The van der Waals surface area contributed by atoms with E-state index in [1.54, 1.807) is 17.8 Å². The summed E-state index contributed by atoms with van der Waals surface area (Å²) in [6.45, 7) is 3.60. The first-order chi connectivity index (χ1) is 11.5. The Bertz CT molecular complexity index is 576. The number of amides is 1. The lowest BCUT2D eigenvalue weighted by Crippen LogP contribution is -2.35. The van der Waals surface area contributed by atoms with Crippen LogP contribution in [-0.4, -0.2) is 46.8 Å². The number of nitrogens with one attached hydrogen (secondary N) is 1. The third-order valence-corrected chi connectivity index (χ3v) is 5.23. The third kappa shape index (κ3) is 5.35. The van der Waals surface area contributed by atoms with Gasteiger partial charge in [-0.2, -0.15) is 5.10 Å². The van der Waals surface area contributed by atoms with Gasteiger partial charge in [0.15, 0.2) is 0 Å². The molecule has 0 aromatic carbocycles. The number of hydrogen-bond acceptors (Lipinski definition) is 3. The van der Waals surface area contributed by atoms with E-state index in [4.69, 9.17) is 11.6 Å². The molecule has 1 N–H and O–H groups in total. The monoisotopic (exact) mass is 352 g/mol. The highest BCUT2D eigenvalue weighted by atomic mass is 35.5. The van der Waals surface area contributed by atoms with E-state index in [9.17, 15) is 4.79 Å². The number of carbonyl (C=O) groups excluding carboxylic acids is 1. The molecule has 1 aliphatic rings. The van der Waals surface area contributed by atoms with Gasteiger partial charge in [-0.05, 0) is 45.9 Å². The summed E-state index contributed by atoms with van der Waals surface area (Å²) in [4.78, 5) is 14.4. The van der Waals surface area contributed by atoms with Crippen molar-refractivity contribution in [1.29, 1.82) is 0 Å². The zero-order valence-electron chi connectivity index (χ0n) is 15.0. The van der Waals surface area contributed by atoms with Crippen molar-refractivity contribution in [2.45, 2.75) is 51.5 Å². The van der Waals surface area contributed by atoms with E-state index in [0.29, 0.717) is 11.7 Å². The Morgan fingerprint density at radius 2 is 2.12 bits per heavy atom. The maximum absolute atomic E-state index is 11.9. The van der Waals surface area contributed by atoms with Gasteiger partial charge in [0.2, 0.25) is 5.91 Å². The number of carbonyl (C=O) groups is 1. The van der Waals surface area contributed by atoms with Crippen LogP contribution in [0.1, 0.15) is 49.8 Å². The van der Waals surface area contributed by atoms with Crippen LogP contribution in [-0.2, 0) is 11.8 Å². The normalized spacial score (nSPS) is 16.2. The van der Waals surface area contributed by atoms with Crippen molar-refractivity contribution >= 4 is 23.6 Å². The average Bonchev–Trinajstić information content (AvgIpc) is 2.82. The van der Waals surface area contributed by atoms with Gasteiger partial charge >= 0.3 is 0 Å². The van der Waals surface area contributed by atoms with Crippen molar-refractivity contribution in [2.75, 3.05) is 20.1 Å². The van der Waals surface area contributed by atoms with Crippen molar-refractivity contribution in [2.24, 2.45) is 7.05 Å². The van der Waals surface area contributed by atoms with Crippen LogP contribution in [0.15, 0.2) is 6.08 Å². The highest BCUT2D eigenvalue weighted by Gasteiger charge is 2.17. The summed E-state index contributed by atoms with van der Waals surface area (Å²) >= 11 is 6.14. The van der Waals surface area contributed by atoms with Crippen molar-refractivity contribution in [3.63, 3.8) is 0 Å². The second-order valence-electron chi connectivity index (χ2n) is 6.66. The minimum absolute atomic E-state index is 0.0883. The van der Waals surface area contributed by atoms with Crippen molar-refractivity contribution in [3.8, 4) is 0 Å². The molecular formula is C18H29ClN4O. The van der Waals surface area contributed by atoms with E-state index in [-0.39, 0.29) is 5.91 Å². The molecule has 1 heterocycles. The molecule has 1 aliphatic carbocycles. The molecule has 0 bridgehead atoms. The fourth-order valence-electron chi connectivity index (χ4n) is 3.30. The summed E-state index contributed by atoms with van der Waals surface area (Å²) < 4.78 is 1.61. The average molecular weight is 353 g/mol. The standard InChI is InChI=1S/C18H29ClN4O/c1-14-16(18(19)23(3)21-14)10-11-17(24)20-12-7-13-22(2)15-8-5-4-6-9-15/h10-11,15H,4-9,12-13H2,1-3H3,(H,20,24)/b11-10+. The van der Waals surface area contributed by atoms with Crippen LogP contribution in [0, 0.1) is 6.92 Å². The zero-order chi connectivity index (χ0) is 17.5. The molecule has 0 radical (unpaired) electrons. The molecular weight excluding hydrogens is 324 g/mol. The van der Waals surface area contributed by atoms with Gasteiger partial charge in [-0.1, -0.05) is 30.9 Å². The first-order valence-corrected chi connectivity index (χ1v) is 9.22. The Kier molecular flexibility index (Phi) is 7.31. The minimum atomic E-state index is -0.0883. The van der Waals surface area contributed by atoms with E-state index >= 15 is 0 Å². The van der Waals surface area contributed by atoms with Crippen molar-refractivity contribution in [1.82, 2.24) is 20.0 Å². The van der Waals surface area contributed by atoms with Crippen LogP contribution in [0.5, 0.6) is 0 Å². The second kappa shape index (κ2) is 9.23. The first kappa shape index (κ1) is 19.0. The van der Waals surface area contributed by atoms with Gasteiger partial charge in [-0.3, -0.25) is 9.48 Å². The molecule has 1 fully saturated rings. The van der Waals surface area contributed by atoms with E-state index < -0.39 is 0 Å². The molecule has 5 nitrogen and oxygen atoms in total. The topological polar surface area (TPSA) is 50.2 Å². The van der Waals surface area contributed by atoms with E-state index in [1.165, 1.54) is 38.2 Å². The molecule has 1 saturated carbocycles. The second-order valence-corrected chi connectivity index (χ2v) is 7.02. The number of halogens is 1. The van der Waals surface area contributed by atoms with Crippen molar-refractivity contribution < 1.29 is 4.79 Å². The quantitative estimate of drug-likeness (QED) is 0.605. The predicted octanol–water partition coefficient (Wildman–Crippen LogP) is 3.17. The fourth-order valence-corrected chi connectivity index (χ4v) is 3.54. The summed E-state index contributed by atoms with van der Waals surface area (Å²) in [6.07, 6.45) is 11.0. The Morgan fingerprint density at radius 1 is 1.42 bits per heavy atom. The van der Waals surface area contributed by atoms with Gasteiger partial charge in [0.25, 0.3) is 0 Å². The Morgan fingerprint density at radius 3 is 2.75 bits per heavy atom. The number of rotatable bonds is 7. The summed E-state index contributed by atoms with van der Waals surface area (Å²) in [5.74, 6) is -0.0883.